The van der Waals surface area contributed by atoms with Gasteiger partial charge in [0.1, 0.15) is 5.71 Å². The normalized spacial score (nSPS) is 18.9. The zero-order chi connectivity index (χ0) is 14.5. The Kier molecular flexibility index (Phi) is 4.56. The Morgan fingerprint density at radius 1 is 1.35 bits per heavy atom. The third-order valence-corrected chi connectivity index (χ3v) is 3.91. The Hall–Kier alpha value is -2.10. The first-order valence-electron chi connectivity index (χ1n) is 6.94. The summed E-state index contributed by atoms with van der Waals surface area (Å²) in [7, 11) is 0. The SMILES string of the molecule is N=C(C(=O)O)C1=C(N)C(CCc2ccccc2)CCC1. The standard InChI is InChI=1S/C16H20N2O2/c17-14-12(10-9-11-5-2-1-3-6-11)7-4-8-13(14)15(18)16(19)20/h1-3,5-6,12,18H,4,7-10,17H2,(H,19,20). The Balaban J connectivity index is 2.06. The van der Waals surface area contributed by atoms with E-state index in [0.29, 0.717) is 17.7 Å². The fourth-order valence-corrected chi connectivity index (χ4v) is 2.76. The topological polar surface area (TPSA) is 87.2 Å². The van der Waals surface area contributed by atoms with Crippen LogP contribution in [0.2, 0.25) is 0 Å². The Labute approximate surface area is 118 Å². The molecular formula is C16H20N2O2. The largest absolute Gasteiger partial charge is 0.477 e. The highest BCUT2D eigenvalue weighted by molar-refractivity contribution is 6.41. The molecule has 4 N–H and O–H groups in total. The Bertz CT molecular complexity index is 535. The number of carboxylic acid groups (broad SMARTS) is 1. The van der Waals surface area contributed by atoms with Crippen LogP contribution in [0.1, 0.15) is 31.2 Å². The van der Waals surface area contributed by atoms with E-state index in [0.717, 1.165) is 25.7 Å². The van der Waals surface area contributed by atoms with Crippen molar-refractivity contribution >= 4 is 11.7 Å². The van der Waals surface area contributed by atoms with Crippen LogP contribution < -0.4 is 5.73 Å². The number of nitrogens with one attached hydrogen (secondary N) is 1. The predicted molar refractivity (Wildman–Crippen MR) is 78.7 cm³/mol. The second kappa shape index (κ2) is 6.37. The zero-order valence-electron chi connectivity index (χ0n) is 11.4. The molecule has 0 aromatic heterocycles. The quantitative estimate of drug-likeness (QED) is 0.720. The van der Waals surface area contributed by atoms with Crippen LogP contribution in [0.4, 0.5) is 0 Å². The van der Waals surface area contributed by atoms with Gasteiger partial charge in [0.25, 0.3) is 0 Å². The van der Waals surface area contributed by atoms with Gasteiger partial charge in [0.2, 0.25) is 0 Å². The molecule has 0 spiro atoms. The summed E-state index contributed by atoms with van der Waals surface area (Å²) in [5.41, 5.74) is 8.17. The molecule has 20 heavy (non-hydrogen) atoms. The molecule has 0 radical (unpaired) electrons. The van der Waals surface area contributed by atoms with Gasteiger partial charge in [-0.2, -0.15) is 0 Å². The van der Waals surface area contributed by atoms with Crippen LogP contribution in [0.5, 0.6) is 0 Å². The molecule has 1 unspecified atom stereocenters. The number of carboxylic acids is 1. The highest BCUT2D eigenvalue weighted by atomic mass is 16.4. The van der Waals surface area contributed by atoms with Gasteiger partial charge in [-0.25, -0.2) is 4.79 Å². The van der Waals surface area contributed by atoms with Crippen molar-refractivity contribution in [3.8, 4) is 0 Å². The van der Waals surface area contributed by atoms with Crippen LogP contribution in [0, 0.1) is 11.3 Å². The monoisotopic (exact) mass is 272 g/mol. The second-order valence-electron chi connectivity index (χ2n) is 5.23. The molecule has 4 nitrogen and oxygen atoms in total. The van der Waals surface area contributed by atoms with Gasteiger partial charge < -0.3 is 10.8 Å². The fourth-order valence-electron chi connectivity index (χ4n) is 2.76. The third-order valence-electron chi connectivity index (χ3n) is 3.91. The molecular weight excluding hydrogens is 252 g/mol. The molecule has 0 fully saturated rings. The fraction of sp³-hybridized carbons (Fsp3) is 0.375. The Morgan fingerprint density at radius 2 is 2.05 bits per heavy atom. The van der Waals surface area contributed by atoms with E-state index in [-0.39, 0.29) is 11.6 Å². The van der Waals surface area contributed by atoms with Gasteiger partial charge in [0.05, 0.1) is 0 Å². The van der Waals surface area contributed by atoms with Crippen molar-refractivity contribution in [3.05, 3.63) is 47.2 Å². The van der Waals surface area contributed by atoms with Gasteiger partial charge in [0, 0.05) is 11.3 Å². The zero-order valence-corrected chi connectivity index (χ0v) is 11.4. The molecule has 1 aromatic rings. The lowest BCUT2D eigenvalue weighted by atomic mass is 9.82. The van der Waals surface area contributed by atoms with Crippen LogP contribution in [0.3, 0.4) is 0 Å². The van der Waals surface area contributed by atoms with Gasteiger partial charge in [-0.05, 0) is 43.6 Å². The van der Waals surface area contributed by atoms with Crippen molar-refractivity contribution in [2.75, 3.05) is 0 Å². The maximum absolute atomic E-state index is 10.9. The van der Waals surface area contributed by atoms with E-state index in [4.69, 9.17) is 16.2 Å². The molecule has 4 heteroatoms. The summed E-state index contributed by atoms with van der Waals surface area (Å²) >= 11 is 0. The first-order valence-corrected chi connectivity index (χ1v) is 6.94. The highest BCUT2D eigenvalue weighted by Gasteiger charge is 2.25. The molecule has 2 rings (SSSR count). The van der Waals surface area contributed by atoms with E-state index in [1.807, 2.05) is 18.2 Å². The van der Waals surface area contributed by atoms with E-state index >= 15 is 0 Å². The van der Waals surface area contributed by atoms with Crippen molar-refractivity contribution < 1.29 is 9.90 Å². The molecule has 0 aliphatic heterocycles. The minimum Gasteiger partial charge on any atom is -0.477 e. The van der Waals surface area contributed by atoms with E-state index < -0.39 is 5.97 Å². The number of rotatable bonds is 5. The maximum atomic E-state index is 10.9. The maximum Gasteiger partial charge on any atom is 0.354 e. The summed E-state index contributed by atoms with van der Waals surface area (Å²) in [6.07, 6.45) is 4.34. The summed E-state index contributed by atoms with van der Waals surface area (Å²) in [5.74, 6) is -0.995. The van der Waals surface area contributed by atoms with Crippen molar-refractivity contribution in [1.29, 1.82) is 5.41 Å². The second-order valence-corrected chi connectivity index (χ2v) is 5.23. The molecule has 0 bridgehead atoms. The number of carbonyl (C=O) groups is 1. The smallest absolute Gasteiger partial charge is 0.354 e. The summed E-state index contributed by atoms with van der Waals surface area (Å²) in [4.78, 5) is 10.9. The number of benzene rings is 1. The molecule has 0 saturated heterocycles. The van der Waals surface area contributed by atoms with Crippen molar-refractivity contribution in [3.63, 3.8) is 0 Å². The number of aryl methyl sites for hydroxylation is 1. The molecule has 1 aliphatic rings. The van der Waals surface area contributed by atoms with Gasteiger partial charge in [-0.15, -0.1) is 0 Å². The van der Waals surface area contributed by atoms with Gasteiger partial charge in [-0.1, -0.05) is 30.3 Å². The number of hydrogen-bond acceptors (Lipinski definition) is 3. The predicted octanol–water partition coefficient (Wildman–Crippen LogP) is 2.74. The van der Waals surface area contributed by atoms with Crippen LogP contribution in [-0.4, -0.2) is 16.8 Å². The van der Waals surface area contributed by atoms with Gasteiger partial charge >= 0.3 is 5.97 Å². The molecule has 106 valence electrons. The number of aliphatic carboxylic acids is 1. The van der Waals surface area contributed by atoms with E-state index in [1.165, 1.54) is 5.56 Å². The molecule has 1 aromatic carbocycles. The van der Waals surface area contributed by atoms with Crippen molar-refractivity contribution in [1.82, 2.24) is 0 Å². The average molecular weight is 272 g/mol. The minimum atomic E-state index is -1.19. The lowest BCUT2D eigenvalue weighted by Crippen LogP contribution is -2.26. The minimum absolute atomic E-state index is 0.193. The van der Waals surface area contributed by atoms with E-state index in [9.17, 15) is 4.79 Å². The first kappa shape index (κ1) is 14.3. The number of hydrogen-bond donors (Lipinski definition) is 3. The molecule has 0 saturated carbocycles. The lowest BCUT2D eigenvalue weighted by Gasteiger charge is -2.25. The van der Waals surface area contributed by atoms with Gasteiger partial charge in [0.15, 0.2) is 0 Å². The molecule has 1 aliphatic carbocycles. The summed E-state index contributed by atoms with van der Waals surface area (Å²) in [6.45, 7) is 0. The summed E-state index contributed by atoms with van der Waals surface area (Å²) < 4.78 is 0. The highest BCUT2D eigenvalue weighted by Crippen LogP contribution is 2.31. The molecule has 0 amide bonds. The first-order chi connectivity index (χ1) is 9.59. The Morgan fingerprint density at radius 3 is 2.70 bits per heavy atom. The van der Waals surface area contributed by atoms with Crippen molar-refractivity contribution in [2.45, 2.75) is 32.1 Å². The number of allylic oxidation sites excluding steroid dienone is 1. The average Bonchev–Trinajstić information content (AvgIpc) is 2.46. The van der Waals surface area contributed by atoms with Crippen LogP contribution in [0.25, 0.3) is 0 Å². The third kappa shape index (κ3) is 3.26. The van der Waals surface area contributed by atoms with Crippen LogP contribution in [0.15, 0.2) is 41.6 Å². The van der Waals surface area contributed by atoms with Gasteiger partial charge in [-0.3, -0.25) is 5.41 Å². The van der Waals surface area contributed by atoms with Crippen LogP contribution >= 0.6 is 0 Å². The molecule has 0 heterocycles. The summed E-state index contributed by atoms with van der Waals surface area (Å²) in [5, 5.41) is 16.5. The number of nitrogens with two attached hydrogens (primary N) is 1. The van der Waals surface area contributed by atoms with Crippen molar-refractivity contribution in [2.24, 2.45) is 11.7 Å². The van der Waals surface area contributed by atoms with E-state index in [1.54, 1.807) is 0 Å². The molecule has 1 atom stereocenters. The van der Waals surface area contributed by atoms with Crippen LogP contribution in [-0.2, 0) is 11.2 Å². The lowest BCUT2D eigenvalue weighted by molar-refractivity contribution is -0.129. The summed E-state index contributed by atoms with van der Waals surface area (Å²) in [6, 6.07) is 10.2. The van der Waals surface area contributed by atoms with E-state index in [2.05, 4.69) is 12.1 Å².